The third-order valence-electron chi connectivity index (χ3n) is 4.81. The third kappa shape index (κ3) is 6.98. The van der Waals surface area contributed by atoms with Gasteiger partial charge in [-0.2, -0.15) is 0 Å². The minimum atomic E-state index is 0. The van der Waals surface area contributed by atoms with Crippen LogP contribution in [0.1, 0.15) is 16.8 Å². The molecule has 0 saturated carbocycles. The molecular formula is C20H28ClIN6OS. The van der Waals surface area contributed by atoms with Crippen molar-refractivity contribution in [1.29, 1.82) is 0 Å². The van der Waals surface area contributed by atoms with Crippen molar-refractivity contribution in [2.75, 3.05) is 44.7 Å². The number of piperazine rings is 1. The summed E-state index contributed by atoms with van der Waals surface area (Å²) in [5.41, 5.74) is 1.14. The molecule has 0 spiro atoms. The van der Waals surface area contributed by atoms with Gasteiger partial charge < -0.3 is 20.4 Å². The van der Waals surface area contributed by atoms with Gasteiger partial charge in [-0.3, -0.25) is 9.79 Å². The van der Waals surface area contributed by atoms with E-state index in [0.717, 1.165) is 35.2 Å². The van der Waals surface area contributed by atoms with E-state index in [1.807, 2.05) is 35.4 Å². The number of aliphatic imine (C=N–C) groups is 1. The number of amides is 1. The first kappa shape index (κ1) is 24.7. The molecular weight excluding hydrogens is 535 g/mol. The largest absolute Gasteiger partial charge is 0.368 e. The minimum Gasteiger partial charge on any atom is -0.368 e. The van der Waals surface area contributed by atoms with Crippen LogP contribution in [0.15, 0.2) is 35.5 Å². The van der Waals surface area contributed by atoms with Crippen LogP contribution < -0.4 is 15.5 Å². The molecule has 164 valence electrons. The number of rotatable bonds is 6. The quantitative estimate of drug-likeness (QED) is 0.322. The number of anilines is 1. The van der Waals surface area contributed by atoms with Crippen LogP contribution in [0.3, 0.4) is 0 Å². The lowest BCUT2D eigenvalue weighted by Crippen LogP contribution is -2.52. The number of nitrogens with one attached hydrogen (secondary N) is 2. The van der Waals surface area contributed by atoms with Gasteiger partial charge in [-0.05, 0) is 30.7 Å². The summed E-state index contributed by atoms with van der Waals surface area (Å²) in [4.78, 5) is 26.6. The molecule has 1 amide bonds. The van der Waals surface area contributed by atoms with Gasteiger partial charge in [-0.15, -0.1) is 35.3 Å². The van der Waals surface area contributed by atoms with Gasteiger partial charge in [0.1, 0.15) is 5.01 Å². The van der Waals surface area contributed by atoms with Crippen molar-refractivity contribution in [2.45, 2.75) is 19.9 Å². The Balaban J connectivity index is 0.00000320. The molecule has 1 aromatic carbocycles. The normalized spacial score (nSPS) is 14.3. The number of hydrogen-bond donors (Lipinski definition) is 2. The number of benzene rings is 1. The fourth-order valence-corrected chi connectivity index (χ4v) is 4.04. The van der Waals surface area contributed by atoms with E-state index in [-0.39, 0.29) is 36.4 Å². The van der Waals surface area contributed by atoms with Crippen molar-refractivity contribution in [3.63, 3.8) is 0 Å². The summed E-state index contributed by atoms with van der Waals surface area (Å²) in [5, 5.41) is 8.06. The van der Waals surface area contributed by atoms with Gasteiger partial charge in [0.05, 0.1) is 13.1 Å². The van der Waals surface area contributed by atoms with Gasteiger partial charge in [0.25, 0.3) is 0 Å². The SMILES string of the molecule is CCc1cnc(CNC(=NC)NCC(=O)N2CCN(c3ccc(Cl)cc3)CC2)s1.I. The van der Waals surface area contributed by atoms with E-state index >= 15 is 0 Å². The van der Waals surface area contributed by atoms with E-state index in [4.69, 9.17) is 11.6 Å². The highest BCUT2D eigenvalue weighted by atomic mass is 127. The first-order valence-electron chi connectivity index (χ1n) is 9.75. The maximum Gasteiger partial charge on any atom is 0.242 e. The number of aromatic nitrogens is 1. The summed E-state index contributed by atoms with van der Waals surface area (Å²) in [7, 11) is 1.70. The highest BCUT2D eigenvalue weighted by molar-refractivity contribution is 14.0. The van der Waals surface area contributed by atoms with E-state index in [0.29, 0.717) is 25.6 Å². The van der Waals surface area contributed by atoms with Gasteiger partial charge in [0, 0.05) is 55.0 Å². The number of nitrogens with zero attached hydrogens (tertiary/aromatic N) is 4. The molecule has 10 heteroatoms. The Labute approximate surface area is 203 Å². The summed E-state index contributed by atoms with van der Waals surface area (Å²) >= 11 is 7.64. The van der Waals surface area contributed by atoms with E-state index in [9.17, 15) is 4.79 Å². The lowest BCUT2D eigenvalue weighted by molar-refractivity contribution is -0.130. The summed E-state index contributed by atoms with van der Waals surface area (Å²) in [6.45, 7) is 5.96. The summed E-state index contributed by atoms with van der Waals surface area (Å²) in [6, 6.07) is 7.82. The maximum atomic E-state index is 12.6. The molecule has 1 aliphatic rings. The predicted molar refractivity (Wildman–Crippen MR) is 135 cm³/mol. The first-order chi connectivity index (χ1) is 14.1. The molecule has 2 heterocycles. The second-order valence-electron chi connectivity index (χ2n) is 6.70. The molecule has 1 aromatic heterocycles. The van der Waals surface area contributed by atoms with E-state index < -0.39 is 0 Å². The molecule has 1 aliphatic heterocycles. The van der Waals surface area contributed by atoms with Crippen LogP contribution in [0.2, 0.25) is 5.02 Å². The number of carbonyl (C=O) groups is 1. The van der Waals surface area contributed by atoms with Crippen molar-refractivity contribution < 1.29 is 4.79 Å². The van der Waals surface area contributed by atoms with Crippen LogP contribution in [-0.4, -0.2) is 61.5 Å². The van der Waals surface area contributed by atoms with Crippen LogP contribution >= 0.6 is 46.9 Å². The average Bonchev–Trinajstić information content (AvgIpc) is 3.22. The van der Waals surface area contributed by atoms with E-state index in [1.54, 1.807) is 18.4 Å². The van der Waals surface area contributed by atoms with Crippen LogP contribution in [0.4, 0.5) is 5.69 Å². The molecule has 0 radical (unpaired) electrons. The fourth-order valence-electron chi connectivity index (χ4n) is 3.11. The molecule has 0 aliphatic carbocycles. The standard InChI is InChI=1S/C20H27ClN6OS.HI/c1-3-17-12-23-18(29-17)13-24-20(22-2)25-14-19(28)27-10-8-26(9-11-27)16-6-4-15(21)5-7-16;/h4-7,12H,3,8-11,13-14H2,1-2H3,(H2,22,24,25);1H. The first-order valence-corrected chi connectivity index (χ1v) is 10.9. The molecule has 7 nitrogen and oxygen atoms in total. The monoisotopic (exact) mass is 562 g/mol. The smallest absolute Gasteiger partial charge is 0.242 e. The van der Waals surface area contributed by atoms with Gasteiger partial charge in [0.15, 0.2) is 5.96 Å². The Bertz CT molecular complexity index is 836. The lowest BCUT2D eigenvalue weighted by Gasteiger charge is -2.36. The second kappa shape index (κ2) is 12.3. The zero-order chi connectivity index (χ0) is 20.6. The highest BCUT2D eigenvalue weighted by Gasteiger charge is 2.21. The van der Waals surface area contributed by atoms with Crippen LogP contribution in [0.5, 0.6) is 0 Å². The molecule has 3 rings (SSSR count). The van der Waals surface area contributed by atoms with E-state index in [1.165, 1.54) is 4.88 Å². The number of guanidine groups is 1. The van der Waals surface area contributed by atoms with Crippen molar-refractivity contribution in [1.82, 2.24) is 20.5 Å². The number of hydrogen-bond acceptors (Lipinski definition) is 5. The molecule has 0 unspecified atom stereocenters. The summed E-state index contributed by atoms with van der Waals surface area (Å²) in [5.74, 6) is 0.678. The van der Waals surface area contributed by atoms with Crippen molar-refractivity contribution in [3.05, 3.63) is 45.4 Å². The third-order valence-corrected chi connectivity index (χ3v) is 6.21. The lowest BCUT2D eigenvalue weighted by atomic mass is 10.2. The molecule has 2 N–H and O–H groups in total. The average molecular weight is 563 g/mol. The fraction of sp³-hybridized carbons (Fsp3) is 0.450. The maximum absolute atomic E-state index is 12.6. The van der Waals surface area contributed by atoms with Crippen LogP contribution in [0.25, 0.3) is 0 Å². The molecule has 30 heavy (non-hydrogen) atoms. The van der Waals surface area contributed by atoms with Crippen LogP contribution in [0, 0.1) is 0 Å². The van der Waals surface area contributed by atoms with Gasteiger partial charge >= 0.3 is 0 Å². The highest BCUT2D eigenvalue weighted by Crippen LogP contribution is 2.19. The Morgan fingerprint density at radius 2 is 1.90 bits per heavy atom. The molecule has 1 saturated heterocycles. The topological polar surface area (TPSA) is 72.9 Å². The molecule has 2 aromatic rings. The minimum absolute atomic E-state index is 0. The Morgan fingerprint density at radius 3 is 2.50 bits per heavy atom. The van der Waals surface area contributed by atoms with Crippen LogP contribution in [-0.2, 0) is 17.8 Å². The molecule has 0 bridgehead atoms. The van der Waals surface area contributed by atoms with Crippen molar-refractivity contribution in [2.24, 2.45) is 4.99 Å². The van der Waals surface area contributed by atoms with Crippen molar-refractivity contribution >= 4 is 64.5 Å². The van der Waals surface area contributed by atoms with Gasteiger partial charge in [-0.25, -0.2) is 4.98 Å². The number of halogens is 2. The number of thiazole rings is 1. The Morgan fingerprint density at radius 1 is 1.20 bits per heavy atom. The molecule has 0 atom stereocenters. The summed E-state index contributed by atoms with van der Waals surface area (Å²) in [6.07, 6.45) is 2.90. The zero-order valence-corrected chi connectivity index (χ0v) is 21.1. The van der Waals surface area contributed by atoms with Gasteiger partial charge in [0.2, 0.25) is 5.91 Å². The summed E-state index contributed by atoms with van der Waals surface area (Å²) < 4.78 is 0. The number of carbonyl (C=O) groups excluding carboxylic acids is 1. The molecule has 1 fully saturated rings. The Hall–Kier alpha value is -1.59. The van der Waals surface area contributed by atoms with Gasteiger partial charge in [-0.1, -0.05) is 18.5 Å². The zero-order valence-electron chi connectivity index (χ0n) is 17.2. The predicted octanol–water partition coefficient (Wildman–Crippen LogP) is 2.99. The second-order valence-corrected chi connectivity index (χ2v) is 8.33. The number of aryl methyl sites for hydroxylation is 1. The van der Waals surface area contributed by atoms with Crippen molar-refractivity contribution in [3.8, 4) is 0 Å². The van der Waals surface area contributed by atoms with E-state index in [2.05, 4.69) is 32.4 Å². The Kier molecular flexibility index (Phi) is 10.1.